The van der Waals surface area contributed by atoms with Crippen LogP contribution in [0.15, 0.2) is 54.2 Å². The number of aliphatic carboxylic acids is 1. The molecule has 1 aromatic rings. The van der Waals surface area contributed by atoms with E-state index in [0.29, 0.717) is 32.1 Å². The zero-order valence-electron chi connectivity index (χ0n) is 64.9. The van der Waals surface area contributed by atoms with Crippen LogP contribution >= 0.6 is 15.6 Å². The Kier molecular flexibility index (Phi) is 29.8. The van der Waals surface area contributed by atoms with Crippen molar-refractivity contribution in [2.75, 3.05) is 161 Å². The number of carboxylic acids is 1. The van der Waals surface area contributed by atoms with E-state index >= 15 is 0 Å². The van der Waals surface area contributed by atoms with Gasteiger partial charge >= 0.3 is 21.6 Å². The van der Waals surface area contributed by atoms with Crippen LogP contribution in [0.2, 0.25) is 0 Å². The van der Waals surface area contributed by atoms with Gasteiger partial charge in [-0.1, -0.05) is 44.9 Å². The van der Waals surface area contributed by atoms with Gasteiger partial charge in [-0.25, -0.2) is 14.0 Å². The Bertz CT molecular complexity index is 4100. The zero-order chi connectivity index (χ0) is 83.6. The summed E-state index contributed by atoms with van der Waals surface area (Å²) in [4.78, 5) is 240. The summed E-state index contributed by atoms with van der Waals surface area (Å²) in [6, 6.07) is 3.91. The molecule has 2 heterocycles. The second kappa shape index (κ2) is 37.1. The van der Waals surface area contributed by atoms with E-state index in [-0.39, 0.29) is 59.6 Å². The van der Waals surface area contributed by atoms with Crippen molar-refractivity contribution in [1.29, 1.82) is 0 Å². The number of Topliss-reactive ketones (excluding diaryl/α,β-unsaturated/α-hetero) is 1. The van der Waals surface area contributed by atoms with Gasteiger partial charge in [0, 0.05) is 118 Å². The third-order valence-corrected chi connectivity index (χ3v) is 24.0. The Labute approximate surface area is 646 Å². The maximum absolute atomic E-state index is 14.7. The SMILES string of the molecule is CCC[C@@H]1O[C@@H]2C[C@H]3[C@@H]4CCC5=CC(=O)C=C[C@]5(C)[C@H]4[C@@H](O)C[C@]3(C)[C@]2(C(=O)COP(=O)(O)OP(=O)(O)OCCNC(=O)CCc2ccc(N3C(=O)C=CC3=O)cc2C(=O)N(C)CC(=O)N(C)CC(=O)N(C)CC(=O)N(C)CC(=O)N(C)CC(=O)N(C)CC(=O)N(C)CC(=O)N(C)CC(=O)N(C)CC(=O)N(C)CC(=O)O)O1. The van der Waals surface area contributed by atoms with Crippen LogP contribution in [-0.2, 0) is 110 Å². The number of allylic oxidation sites excluding steroid dienone is 4. The number of hydrogen-bond acceptors (Lipinski definition) is 24. The van der Waals surface area contributed by atoms with Gasteiger partial charge in [0.05, 0.1) is 83.4 Å². The number of carboxylic acid groups (broad SMARTS) is 1. The molecule has 41 heteroatoms. The van der Waals surface area contributed by atoms with Gasteiger partial charge in [-0.15, -0.1) is 0 Å². The molecule has 7 rings (SSSR count). The summed E-state index contributed by atoms with van der Waals surface area (Å²) >= 11 is 0. The molecule has 0 spiro atoms. The second-order valence-electron chi connectivity index (χ2n) is 29.5. The van der Waals surface area contributed by atoms with Gasteiger partial charge in [0.1, 0.15) is 13.2 Å². The van der Waals surface area contributed by atoms with Crippen LogP contribution < -0.4 is 10.2 Å². The quantitative estimate of drug-likeness (QED) is 0.0286. The minimum atomic E-state index is -5.60. The van der Waals surface area contributed by atoms with E-state index in [1.807, 2.05) is 26.8 Å². The van der Waals surface area contributed by atoms with E-state index in [2.05, 4.69) is 9.63 Å². The van der Waals surface area contributed by atoms with Crippen LogP contribution in [0.5, 0.6) is 0 Å². The molecule has 2 aliphatic heterocycles. The van der Waals surface area contributed by atoms with Gasteiger partial charge in [0.2, 0.25) is 59.1 Å². The largest absolute Gasteiger partial charge is 0.481 e. The number of carbonyl (C=O) groups is 16. The van der Waals surface area contributed by atoms with Crippen molar-refractivity contribution < 1.29 is 129 Å². The number of aliphatic hydroxyl groups is 1. The van der Waals surface area contributed by atoms with E-state index < -0.39 is 224 Å². The van der Waals surface area contributed by atoms with Crippen LogP contribution in [0.4, 0.5) is 5.69 Å². The summed E-state index contributed by atoms with van der Waals surface area (Å²) in [5.74, 6) is -12.3. The third-order valence-electron chi connectivity index (χ3n) is 21.4. The number of nitrogens with zero attached hydrogens (tertiary/aromatic N) is 11. The normalized spacial score (nSPS) is 23.6. The number of ketones is 2. The minimum Gasteiger partial charge on any atom is -0.480 e. The molecule has 13 amide bonds. The van der Waals surface area contributed by atoms with Crippen LogP contribution in [-0.4, -0.2) is 343 Å². The number of hydrogen-bond donors (Lipinski definition) is 5. The van der Waals surface area contributed by atoms with E-state index in [1.54, 1.807) is 6.08 Å². The summed E-state index contributed by atoms with van der Waals surface area (Å²) in [6.07, 6.45) is 6.38. The second-order valence-corrected chi connectivity index (χ2v) is 32.6. The number of amides is 13. The molecule has 3 saturated carbocycles. The number of ether oxygens (including phenoxy) is 2. The van der Waals surface area contributed by atoms with E-state index in [9.17, 15) is 101 Å². The summed E-state index contributed by atoms with van der Waals surface area (Å²) in [6.45, 7) is -2.23. The van der Waals surface area contributed by atoms with Gasteiger partial charge < -0.3 is 83.8 Å². The fourth-order valence-electron chi connectivity index (χ4n) is 15.1. The first-order chi connectivity index (χ1) is 52.2. The number of rotatable bonds is 37. The molecule has 6 aliphatic rings. The van der Waals surface area contributed by atoms with Gasteiger partial charge in [-0.3, -0.25) is 85.8 Å². The highest BCUT2D eigenvalue weighted by molar-refractivity contribution is 7.61. The lowest BCUT2D eigenvalue weighted by molar-refractivity contribution is -0.200. The van der Waals surface area contributed by atoms with Crippen LogP contribution in [0, 0.1) is 28.6 Å². The fourth-order valence-corrected chi connectivity index (χ4v) is 17.1. The number of benzene rings is 1. The van der Waals surface area contributed by atoms with Crippen molar-refractivity contribution in [3.05, 3.63) is 65.3 Å². The molecule has 5 N–H and O–H groups in total. The molecule has 0 radical (unpaired) electrons. The smallest absolute Gasteiger partial charge is 0.480 e. The van der Waals surface area contributed by atoms with Gasteiger partial charge in [0.15, 0.2) is 23.5 Å². The van der Waals surface area contributed by atoms with Crippen LogP contribution in [0.25, 0.3) is 0 Å². The summed E-state index contributed by atoms with van der Waals surface area (Å²) in [5, 5.41) is 23.4. The summed E-state index contributed by atoms with van der Waals surface area (Å²) < 4.78 is 53.9. The number of nitrogens with one attached hydrogen (secondary N) is 1. The Morgan fingerprint density at radius 1 is 0.625 bits per heavy atom. The van der Waals surface area contributed by atoms with Gasteiger partial charge in [-0.2, -0.15) is 4.31 Å². The Morgan fingerprint density at radius 3 is 1.53 bits per heavy atom. The molecular formula is C71H100N12O27P2. The standard InChI is InChI=1S/C71H100N12O27P2/c1-14-15-66-108-52-30-49-47-20-18-44-28-46(84)24-25-69(44,2)67(47)50(85)31-70(49,3)71(52,109-66)51(86)42-107-112(104,105)110-111(102,103)106-27-26-72-53(87)21-17-43-16-19-45(83-54(88)22-23-55(83)89)29-48(43)68(101)82(13)40-64(98)80(11)38-62(96)78(9)36-60(94)76(7)34-58(92)74(5)32-56(90)73(4)33-57(91)75(6)35-59(93)77(8)37-61(95)79(10)39-63(97)81(12)41-65(99)100/h16,19,22-25,28-29,47,49-50,52,66-67,85H,14-15,17-18,20-21,26-27,30-42H2,1-13H3,(H,72,87)(H,99,100)(H,102,103)(H,104,105)/t47-,49-,50-,52+,66+,67+,69-,70-,71+/m0/s1. The molecule has 39 nitrogen and oxygen atoms in total. The number of likely N-dealkylation sites (N-methyl/N-ethyl adjacent to an activating group) is 10. The van der Waals surface area contributed by atoms with E-state index in [1.165, 1.54) is 94.8 Å². The van der Waals surface area contributed by atoms with Gasteiger partial charge in [0.25, 0.3) is 17.7 Å². The zero-order valence-corrected chi connectivity index (χ0v) is 66.7. The maximum atomic E-state index is 14.7. The molecule has 0 bridgehead atoms. The molecule has 1 saturated heterocycles. The first kappa shape index (κ1) is 89.9. The molecular weight excluding hydrogens is 1510 g/mol. The fraction of sp³-hybridized carbons (Fsp3) is 0.606. The van der Waals surface area contributed by atoms with Crippen molar-refractivity contribution >= 4 is 116 Å². The monoisotopic (exact) mass is 1610 g/mol. The van der Waals surface area contributed by atoms with Crippen molar-refractivity contribution in [3.63, 3.8) is 0 Å². The highest BCUT2D eigenvalue weighted by Crippen LogP contribution is 2.70. The minimum absolute atomic E-state index is 0.0435. The lowest BCUT2D eigenvalue weighted by atomic mass is 9.46. The molecule has 2 unspecified atom stereocenters. The van der Waals surface area contributed by atoms with E-state index in [0.717, 1.165) is 71.6 Å². The lowest BCUT2D eigenvalue weighted by Crippen LogP contribution is -2.63. The molecule has 4 fully saturated rings. The molecule has 11 atom stereocenters. The Hall–Kier alpha value is -9.30. The molecule has 112 heavy (non-hydrogen) atoms. The van der Waals surface area contributed by atoms with Crippen molar-refractivity contribution in [1.82, 2.24) is 54.3 Å². The number of phosphoric acid groups is 2. The highest BCUT2D eigenvalue weighted by Gasteiger charge is 2.76. The Balaban J connectivity index is 0.844. The van der Waals surface area contributed by atoms with Crippen molar-refractivity contribution in [2.45, 2.75) is 96.2 Å². The number of fused-ring (bicyclic) bond motifs is 7. The number of aliphatic hydroxyl groups excluding tert-OH is 1. The van der Waals surface area contributed by atoms with Crippen LogP contribution in [0.3, 0.4) is 0 Å². The van der Waals surface area contributed by atoms with Crippen molar-refractivity contribution in [2.24, 2.45) is 28.6 Å². The van der Waals surface area contributed by atoms with Gasteiger partial charge in [-0.05, 0) is 80.2 Å². The number of phosphoric ester groups is 2. The van der Waals surface area contributed by atoms with Crippen LogP contribution in [0.1, 0.15) is 81.6 Å². The molecule has 616 valence electrons. The number of anilines is 1. The third kappa shape index (κ3) is 21.3. The summed E-state index contributed by atoms with van der Waals surface area (Å²) in [5.41, 5.74) is -2.60. The first-order valence-electron chi connectivity index (χ1n) is 35.9. The maximum Gasteiger partial charge on any atom is 0.481 e. The topological polar surface area (TPSA) is 482 Å². The molecule has 0 aromatic heterocycles. The number of carbonyl (C=O) groups excluding carboxylic acids is 15. The predicted octanol–water partition coefficient (Wildman–Crippen LogP) is -1.56. The highest BCUT2D eigenvalue weighted by atomic mass is 31.3. The van der Waals surface area contributed by atoms with E-state index in [4.69, 9.17) is 23.6 Å². The predicted molar refractivity (Wildman–Crippen MR) is 391 cm³/mol. The lowest BCUT2D eigenvalue weighted by Gasteiger charge is -2.59. The summed E-state index contributed by atoms with van der Waals surface area (Å²) in [7, 11) is 1.55. The average molecular weight is 1620 g/mol. The first-order valence-corrected chi connectivity index (χ1v) is 38.9. The molecule has 1 aromatic carbocycles. The van der Waals surface area contributed by atoms with Crippen molar-refractivity contribution in [3.8, 4) is 0 Å². The Morgan fingerprint density at radius 2 is 1.07 bits per heavy atom. The number of aryl methyl sites for hydroxylation is 1. The average Bonchev–Trinajstić information content (AvgIpc) is 1.49. The molecule has 4 aliphatic carbocycles. The number of imide groups is 1.